The second-order valence-corrected chi connectivity index (χ2v) is 4.71. The molecule has 0 N–H and O–H groups in total. The van der Waals surface area contributed by atoms with Gasteiger partial charge in [0, 0.05) is 18.9 Å². The Kier molecular flexibility index (Phi) is 2.72. The Hall–Kier alpha value is -0.980. The van der Waals surface area contributed by atoms with E-state index in [1.54, 1.807) is 0 Å². The molecule has 0 atom stereocenters. The molecule has 0 radical (unpaired) electrons. The SMILES string of the molecule is O=C1CCc2cc(I)c([N+](=O)[O-])cc2C1. The first kappa shape index (κ1) is 10.5. The Balaban J connectivity index is 2.51. The van der Waals surface area contributed by atoms with E-state index in [-0.39, 0.29) is 11.5 Å². The number of benzene rings is 1. The number of halogens is 1. The maximum absolute atomic E-state index is 11.2. The van der Waals surface area contributed by atoms with E-state index in [9.17, 15) is 14.9 Å². The fourth-order valence-electron chi connectivity index (χ4n) is 1.76. The molecular weight excluding hydrogens is 309 g/mol. The molecule has 0 saturated heterocycles. The normalized spacial score (nSPS) is 14.9. The number of hydrogen-bond acceptors (Lipinski definition) is 3. The number of nitro benzene ring substituents is 1. The van der Waals surface area contributed by atoms with Crippen molar-refractivity contribution in [3.8, 4) is 0 Å². The van der Waals surface area contributed by atoms with Crippen molar-refractivity contribution in [1.82, 2.24) is 0 Å². The van der Waals surface area contributed by atoms with Crippen LogP contribution < -0.4 is 0 Å². The Labute approximate surface area is 100.0 Å². The lowest BCUT2D eigenvalue weighted by Crippen LogP contribution is -2.14. The van der Waals surface area contributed by atoms with Gasteiger partial charge in [0.05, 0.1) is 8.49 Å². The van der Waals surface area contributed by atoms with E-state index in [1.165, 1.54) is 6.07 Å². The first-order chi connectivity index (χ1) is 7.08. The number of nitrogens with zero attached hydrogens (tertiary/aromatic N) is 1. The molecule has 0 bridgehead atoms. The van der Waals surface area contributed by atoms with Gasteiger partial charge in [-0.15, -0.1) is 0 Å². The molecule has 1 aromatic rings. The molecule has 0 aliphatic heterocycles. The predicted molar refractivity (Wildman–Crippen MR) is 62.8 cm³/mol. The first-order valence-electron chi connectivity index (χ1n) is 4.55. The number of fused-ring (bicyclic) bond motifs is 1. The smallest absolute Gasteiger partial charge is 0.282 e. The first-order valence-corrected chi connectivity index (χ1v) is 5.63. The third-order valence-corrected chi connectivity index (χ3v) is 3.39. The number of Topliss-reactive ketones (excluding diaryl/α,β-unsaturated/α-hetero) is 1. The van der Waals surface area contributed by atoms with E-state index in [2.05, 4.69) is 0 Å². The van der Waals surface area contributed by atoms with E-state index in [0.717, 1.165) is 11.1 Å². The summed E-state index contributed by atoms with van der Waals surface area (Å²) in [5.74, 6) is 0.165. The van der Waals surface area contributed by atoms with Crippen molar-refractivity contribution in [2.24, 2.45) is 0 Å². The highest BCUT2D eigenvalue weighted by molar-refractivity contribution is 14.1. The standard InChI is InChI=1S/C10H8INO3/c11-9-4-6-1-2-8(13)3-7(6)5-10(9)12(14)15/h4-5H,1-3H2. The molecule has 1 aliphatic carbocycles. The van der Waals surface area contributed by atoms with Crippen molar-refractivity contribution in [3.63, 3.8) is 0 Å². The highest BCUT2D eigenvalue weighted by Gasteiger charge is 2.21. The van der Waals surface area contributed by atoms with Gasteiger partial charge >= 0.3 is 0 Å². The van der Waals surface area contributed by atoms with Crippen molar-refractivity contribution in [3.05, 3.63) is 36.9 Å². The van der Waals surface area contributed by atoms with Crippen LogP contribution in [0.4, 0.5) is 5.69 Å². The Morgan fingerprint density at radius 2 is 2.00 bits per heavy atom. The lowest BCUT2D eigenvalue weighted by Gasteiger charge is -2.14. The van der Waals surface area contributed by atoms with Crippen LogP contribution in [0.2, 0.25) is 0 Å². The molecule has 0 amide bonds. The summed E-state index contributed by atoms with van der Waals surface area (Å²) in [4.78, 5) is 21.5. The van der Waals surface area contributed by atoms with Gasteiger partial charge in [0.1, 0.15) is 5.78 Å². The Bertz CT molecular complexity index is 456. The van der Waals surface area contributed by atoms with Gasteiger partial charge in [-0.05, 0) is 46.2 Å². The van der Waals surface area contributed by atoms with Gasteiger partial charge in [-0.1, -0.05) is 0 Å². The lowest BCUT2D eigenvalue weighted by atomic mass is 9.90. The largest absolute Gasteiger partial charge is 0.299 e. The van der Waals surface area contributed by atoms with Gasteiger partial charge in [-0.3, -0.25) is 14.9 Å². The van der Waals surface area contributed by atoms with Gasteiger partial charge in [0.25, 0.3) is 5.69 Å². The Morgan fingerprint density at radius 1 is 1.27 bits per heavy atom. The third kappa shape index (κ3) is 2.01. The summed E-state index contributed by atoms with van der Waals surface area (Å²) in [5, 5.41) is 10.7. The maximum Gasteiger partial charge on any atom is 0.282 e. The number of hydrogen-bond donors (Lipinski definition) is 0. The molecule has 0 saturated carbocycles. The second-order valence-electron chi connectivity index (χ2n) is 3.54. The molecular formula is C10H8INO3. The van der Waals surface area contributed by atoms with Crippen LogP contribution in [0.3, 0.4) is 0 Å². The number of carbonyl (C=O) groups excluding carboxylic acids is 1. The van der Waals surface area contributed by atoms with E-state index >= 15 is 0 Å². The van der Waals surface area contributed by atoms with Crippen LogP contribution in [-0.4, -0.2) is 10.7 Å². The summed E-state index contributed by atoms with van der Waals surface area (Å²) in [6, 6.07) is 3.36. The minimum Gasteiger partial charge on any atom is -0.299 e. The van der Waals surface area contributed by atoms with Crippen molar-refractivity contribution in [2.45, 2.75) is 19.3 Å². The molecule has 0 heterocycles. The minimum absolute atomic E-state index is 0.101. The summed E-state index contributed by atoms with van der Waals surface area (Å²) in [7, 11) is 0. The van der Waals surface area contributed by atoms with Gasteiger partial charge < -0.3 is 0 Å². The minimum atomic E-state index is -0.402. The molecule has 0 fully saturated rings. The van der Waals surface area contributed by atoms with Gasteiger partial charge in [0.15, 0.2) is 0 Å². The Morgan fingerprint density at radius 3 is 2.67 bits per heavy atom. The summed E-state index contributed by atoms with van der Waals surface area (Å²) in [6.07, 6.45) is 1.61. The number of ketones is 1. The topological polar surface area (TPSA) is 60.2 Å². The summed E-state index contributed by atoms with van der Waals surface area (Å²) < 4.78 is 0.644. The fraction of sp³-hybridized carbons (Fsp3) is 0.300. The van der Waals surface area contributed by atoms with E-state index < -0.39 is 4.92 Å². The van der Waals surface area contributed by atoms with Gasteiger partial charge in [-0.25, -0.2) is 0 Å². The monoisotopic (exact) mass is 317 g/mol. The highest BCUT2D eigenvalue weighted by Crippen LogP contribution is 2.28. The fourth-order valence-corrected chi connectivity index (χ4v) is 2.49. The molecule has 1 aromatic carbocycles. The van der Waals surface area contributed by atoms with Crippen LogP contribution in [0.25, 0.3) is 0 Å². The zero-order valence-electron chi connectivity index (χ0n) is 7.83. The average molecular weight is 317 g/mol. The van der Waals surface area contributed by atoms with Crippen molar-refractivity contribution in [2.75, 3.05) is 0 Å². The zero-order chi connectivity index (χ0) is 11.0. The van der Waals surface area contributed by atoms with Crippen LogP contribution in [0.15, 0.2) is 12.1 Å². The molecule has 5 heteroatoms. The highest BCUT2D eigenvalue weighted by atomic mass is 127. The van der Waals surface area contributed by atoms with Crippen molar-refractivity contribution in [1.29, 1.82) is 0 Å². The quantitative estimate of drug-likeness (QED) is 0.453. The summed E-state index contributed by atoms with van der Waals surface area (Å²) in [6.45, 7) is 0. The van der Waals surface area contributed by atoms with Crippen molar-refractivity contribution >= 4 is 34.1 Å². The molecule has 0 spiro atoms. The summed E-state index contributed by atoms with van der Waals surface area (Å²) >= 11 is 1.96. The van der Waals surface area contributed by atoms with E-state index in [0.29, 0.717) is 22.8 Å². The third-order valence-electron chi connectivity index (χ3n) is 2.53. The molecule has 2 rings (SSSR count). The number of carbonyl (C=O) groups is 1. The predicted octanol–water partition coefficient (Wildman–Crippen LogP) is 2.26. The maximum atomic E-state index is 11.2. The van der Waals surface area contributed by atoms with Crippen LogP contribution in [0.5, 0.6) is 0 Å². The molecule has 0 unspecified atom stereocenters. The van der Waals surface area contributed by atoms with Crippen molar-refractivity contribution < 1.29 is 9.72 Å². The molecule has 0 aromatic heterocycles. The van der Waals surface area contributed by atoms with Crippen LogP contribution in [0.1, 0.15) is 17.5 Å². The summed E-state index contributed by atoms with van der Waals surface area (Å²) in [5.41, 5.74) is 1.99. The molecule has 15 heavy (non-hydrogen) atoms. The van der Waals surface area contributed by atoms with Gasteiger partial charge in [0.2, 0.25) is 0 Å². The van der Waals surface area contributed by atoms with Crippen LogP contribution in [0, 0.1) is 13.7 Å². The molecule has 1 aliphatic rings. The lowest BCUT2D eigenvalue weighted by molar-refractivity contribution is -0.385. The van der Waals surface area contributed by atoms with E-state index in [4.69, 9.17) is 0 Å². The number of rotatable bonds is 1. The molecule has 78 valence electrons. The second kappa shape index (κ2) is 3.88. The van der Waals surface area contributed by atoms with Crippen LogP contribution in [-0.2, 0) is 17.6 Å². The van der Waals surface area contributed by atoms with Gasteiger partial charge in [-0.2, -0.15) is 0 Å². The zero-order valence-corrected chi connectivity index (χ0v) is 9.98. The average Bonchev–Trinajstić information content (AvgIpc) is 2.17. The molecule has 4 nitrogen and oxygen atoms in total. The number of aryl methyl sites for hydroxylation is 1. The van der Waals surface area contributed by atoms with E-state index in [1.807, 2.05) is 28.7 Å². The van der Waals surface area contributed by atoms with Crippen LogP contribution >= 0.6 is 22.6 Å². The number of nitro groups is 1.